The molecule has 0 atom stereocenters. The van der Waals surface area contributed by atoms with Crippen LogP contribution in [0.15, 0.2) is 82.5 Å². The van der Waals surface area contributed by atoms with E-state index in [1.807, 2.05) is 37.3 Å². The lowest BCUT2D eigenvalue weighted by molar-refractivity contribution is 0.340. The molecule has 1 heterocycles. The Bertz CT molecular complexity index is 1410. The molecule has 32 heavy (non-hydrogen) atoms. The molecule has 3 aromatic carbocycles. The molecule has 7 nitrogen and oxygen atoms in total. The number of benzene rings is 3. The van der Waals surface area contributed by atoms with Crippen LogP contribution in [0.2, 0.25) is 0 Å². The minimum atomic E-state index is -3.92. The summed E-state index contributed by atoms with van der Waals surface area (Å²) in [6, 6.07) is 21.2. The van der Waals surface area contributed by atoms with Crippen LogP contribution in [-0.4, -0.2) is 24.2 Å². The maximum Gasteiger partial charge on any atom is 0.328 e. The highest BCUT2D eigenvalue weighted by atomic mass is 32.2. The molecule has 0 aliphatic rings. The van der Waals surface area contributed by atoms with Gasteiger partial charge in [-0.15, -0.1) is 0 Å². The van der Waals surface area contributed by atoms with Gasteiger partial charge in [-0.2, -0.15) is 0 Å². The number of fused-ring (bicyclic) bond motifs is 1. The van der Waals surface area contributed by atoms with Crippen LogP contribution in [0.25, 0.3) is 11.0 Å². The summed E-state index contributed by atoms with van der Waals surface area (Å²) < 4.78 is 37.4. The van der Waals surface area contributed by atoms with Crippen LogP contribution in [0.1, 0.15) is 12.5 Å². The third kappa shape index (κ3) is 3.89. The summed E-state index contributed by atoms with van der Waals surface area (Å²) in [5.74, 6) is 0.675. The molecule has 0 radical (unpaired) electrons. The van der Waals surface area contributed by atoms with Crippen molar-refractivity contribution in [3.8, 4) is 5.75 Å². The molecule has 0 saturated carbocycles. The van der Waals surface area contributed by atoms with Gasteiger partial charge < -0.3 is 4.74 Å². The number of hydrogen-bond donors (Lipinski definition) is 0. The Morgan fingerprint density at radius 3 is 2.19 bits per heavy atom. The molecular formula is C24H25N3O4S. The van der Waals surface area contributed by atoms with Crippen LogP contribution in [0.5, 0.6) is 5.75 Å². The first kappa shape index (κ1) is 21.7. The SMILES string of the molecule is CCOc1ccc(N(Cc2ccccc2)S(=O)(=O)c2ccc3c(c2)n(C)c(=O)n3C)cc1. The van der Waals surface area contributed by atoms with E-state index in [4.69, 9.17) is 4.74 Å². The third-order valence-corrected chi connectivity index (χ3v) is 7.21. The first-order chi connectivity index (χ1) is 15.3. The Morgan fingerprint density at radius 2 is 1.53 bits per heavy atom. The van der Waals surface area contributed by atoms with Crippen molar-refractivity contribution >= 4 is 26.7 Å². The van der Waals surface area contributed by atoms with E-state index in [9.17, 15) is 13.2 Å². The minimum absolute atomic E-state index is 0.121. The summed E-state index contributed by atoms with van der Waals surface area (Å²) in [5, 5.41) is 0. The number of anilines is 1. The van der Waals surface area contributed by atoms with Crippen LogP contribution < -0.4 is 14.7 Å². The van der Waals surface area contributed by atoms with Crippen molar-refractivity contribution in [3.63, 3.8) is 0 Å². The standard InChI is InChI=1S/C24H25N3O4S/c1-4-31-20-12-10-19(11-13-20)27(17-18-8-6-5-7-9-18)32(29,30)21-14-15-22-23(16-21)26(3)24(28)25(22)2/h5-16H,4,17H2,1-3H3. The lowest BCUT2D eigenvalue weighted by Gasteiger charge is -2.25. The largest absolute Gasteiger partial charge is 0.494 e. The number of nitrogens with zero attached hydrogens (tertiary/aromatic N) is 3. The highest BCUT2D eigenvalue weighted by molar-refractivity contribution is 7.92. The molecule has 0 bridgehead atoms. The van der Waals surface area contributed by atoms with E-state index in [0.717, 1.165) is 5.56 Å². The number of aryl methyl sites for hydroxylation is 2. The molecular weight excluding hydrogens is 426 g/mol. The summed E-state index contributed by atoms with van der Waals surface area (Å²) >= 11 is 0. The molecule has 0 amide bonds. The van der Waals surface area contributed by atoms with E-state index in [1.165, 1.54) is 13.4 Å². The van der Waals surface area contributed by atoms with Gasteiger partial charge in [0.2, 0.25) is 0 Å². The summed E-state index contributed by atoms with van der Waals surface area (Å²) in [6.07, 6.45) is 0. The van der Waals surface area contributed by atoms with Crippen molar-refractivity contribution in [1.29, 1.82) is 0 Å². The number of imidazole rings is 1. The molecule has 8 heteroatoms. The molecule has 0 aliphatic carbocycles. The predicted octanol–water partition coefficient (Wildman–Crippen LogP) is 3.67. The van der Waals surface area contributed by atoms with Gasteiger partial charge in [-0.05, 0) is 55.0 Å². The average Bonchev–Trinajstić information content (AvgIpc) is 3.02. The zero-order chi connectivity index (χ0) is 22.9. The van der Waals surface area contributed by atoms with Gasteiger partial charge in [-0.25, -0.2) is 13.2 Å². The number of hydrogen-bond acceptors (Lipinski definition) is 4. The van der Waals surface area contributed by atoms with Crippen LogP contribution in [0, 0.1) is 0 Å². The lowest BCUT2D eigenvalue weighted by atomic mass is 10.2. The Morgan fingerprint density at radius 1 is 0.875 bits per heavy atom. The molecule has 0 spiro atoms. The molecule has 0 fully saturated rings. The monoisotopic (exact) mass is 451 g/mol. The van der Waals surface area contributed by atoms with Gasteiger partial charge in [0.1, 0.15) is 5.75 Å². The highest BCUT2D eigenvalue weighted by Gasteiger charge is 2.26. The van der Waals surface area contributed by atoms with Crippen molar-refractivity contribution in [1.82, 2.24) is 9.13 Å². The number of ether oxygens (including phenoxy) is 1. The fraction of sp³-hybridized carbons (Fsp3) is 0.208. The van der Waals surface area contributed by atoms with E-state index in [0.29, 0.717) is 29.1 Å². The van der Waals surface area contributed by atoms with Gasteiger partial charge in [0.15, 0.2) is 0 Å². The molecule has 0 saturated heterocycles. The fourth-order valence-electron chi connectivity index (χ4n) is 3.71. The molecule has 0 aliphatic heterocycles. The Labute approximate surface area is 187 Å². The lowest BCUT2D eigenvalue weighted by Crippen LogP contribution is -2.30. The normalized spacial score (nSPS) is 11.6. The van der Waals surface area contributed by atoms with Crippen LogP contribution >= 0.6 is 0 Å². The summed E-state index contributed by atoms with van der Waals surface area (Å²) in [4.78, 5) is 12.4. The molecule has 1 aromatic heterocycles. The van der Waals surface area contributed by atoms with Gasteiger partial charge in [0.25, 0.3) is 10.0 Å². The maximum absolute atomic E-state index is 13.8. The molecule has 0 unspecified atom stereocenters. The van der Waals surface area contributed by atoms with Crippen molar-refractivity contribution < 1.29 is 13.2 Å². The topological polar surface area (TPSA) is 73.5 Å². The Kier molecular flexibility index (Phi) is 5.80. The van der Waals surface area contributed by atoms with E-state index >= 15 is 0 Å². The Hall–Kier alpha value is -3.52. The quantitative estimate of drug-likeness (QED) is 0.430. The molecule has 166 valence electrons. The average molecular weight is 452 g/mol. The number of sulfonamides is 1. The minimum Gasteiger partial charge on any atom is -0.494 e. The second kappa shape index (κ2) is 8.55. The van der Waals surface area contributed by atoms with Crippen molar-refractivity contribution in [2.45, 2.75) is 18.4 Å². The summed E-state index contributed by atoms with van der Waals surface area (Å²) in [7, 11) is -0.620. The summed E-state index contributed by atoms with van der Waals surface area (Å²) in [6.45, 7) is 2.59. The van der Waals surface area contributed by atoms with E-state index in [2.05, 4.69) is 0 Å². The second-order valence-corrected chi connectivity index (χ2v) is 9.34. The van der Waals surface area contributed by atoms with Crippen LogP contribution in [0.3, 0.4) is 0 Å². The van der Waals surface area contributed by atoms with Crippen molar-refractivity contribution in [2.24, 2.45) is 14.1 Å². The van der Waals surface area contributed by atoms with Crippen molar-refractivity contribution in [2.75, 3.05) is 10.9 Å². The van der Waals surface area contributed by atoms with Gasteiger partial charge in [-0.3, -0.25) is 13.4 Å². The molecule has 4 rings (SSSR count). The maximum atomic E-state index is 13.8. The van der Waals surface area contributed by atoms with E-state index in [1.54, 1.807) is 56.6 Å². The Balaban J connectivity index is 1.82. The third-order valence-electron chi connectivity index (χ3n) is 5.44. The van der Waals surface area contributed by atoms with Gasteiger partial charge >= 0.3 is 5.69 Å². The highest BCUT2D eigenvalue weighted by Crippen LogP contribution is 2.29. The van der Waals surface area contributed by atoms with Gasteiger partial charge in [0.05, 0.1) is 34.8 Å². The van der Waals surface area contributed by atoms with E-state index < -0.39 is 10.0 Å². The number of rotatable bonds is 7. The van der Waals surface area contributed by atoms with Gasteiger partial charge in [-0.1, -0.05) is 30.3 Å². The zero-order valence-corrected chi connectivity index (χ0v) is 19.0. The van der Waals surface area contributed by atoms with Crippen LogP contribution in [0.4, 0.5) is 5.69 Å². The van der Waals surface area contributed by atoms with E-state index in [-0.39, 0.29) is 17.1 Å². The van der Waals surface area contributed by atoms with Crippen LogP contribution in [-0.2, 0) is 30.7 Å². The fourth-order valence-corrected chi connectivity index (χ4v) is 5.19. The smallest absolute Gasteiger partial charge is 0.328 e. The van der Waals surface area contributed by atoms with Gasteiger partial charge in [0, 0.05) is 14.1 Å². The first-order valence-corrected chi connectivity index (χ1v) is 11.7. The molecule has 4 aromatic rings. The zero-order valence-electron chi connectivity index (χ0n) is 18.2. The molecule has 0 N–H and O–H groups in total. The second-order valence-electron chi connectivity index (χ2n) is 7.48. The predicted molar refractivity (Wildman–Crippen MR) is 126 cm³/mol. The first-order valence-electron chi connectivity index (χ1n) is 10.3. The van der Waals surface area contributed by atoms with Crippen molar-refractivity contribution in [3.05, 3.63) is 88.8 Å². The summed E-state index contributed by atoms with van der Waals surface area (Å²) in [5.41, 5.74) is 2.41. The number of aromatic nitrogens is 2.